The molecule has 2 aromatic carbocycles. The SMILES string of the molecule is COC(=O)c1ccc(C2c3[nH]c4ccccc4c3CC3C(=O)N(CCCN(C)C)CC(=O)N32)cc1. The van der Waals surface area contributed by atoms with Gasteiger partial charge < -0.3 is 24.4 Å². The van der Waals surface area contributed by atoms with Crippen LogP contribution in [0.5, 0.6) is 0 Å². The lowest BCUT2D eigenvalue weighted by atomic mass is 9.86. The van der Waals surface area contributed by atoms with E-state index >= 15 is 0 Å². The zero-order chi connectivity index (χ0) is 24.7. The van der Waals surface area contributed by atoms with Crippen LogP contribution in [0.15, 0.2) is 48.5 Å². The first-order valence-electron chi connectivity index (χ1n) is 11.9. The van der Waals surface area contributed by atoms with Crippen LogP contribution in [0.4, 0.5) is 0 Å². The van der Waals surface area contributed by atoms with E-state index in [-0.39, 0.29) is 18.4 Å². The Labute approximate surface area is 204 Å². The first kappa shape index (κ1) is 23.1. The van der Waals surface area contributed by atoms with E-state index < -0.39 is 18.1 Å². The predicted molar refractivity (Wildman–Crippen MR) is 132 cm³/mol. The third-order valence-electron chi connectivity index (χ3n) is 7.02. The van der Waals surface area contributed by atoms with E-state index in [1.807, 2.05) is 44.4 Å². The average molecular weight is 475 g/mol. The van der Waals surface area contributed by atoms with Gasteiger partial charge in [-0.05, 0) is 56.4 Å². The summed E-state index contributed by atoms with van der Waals surface area (Å²) in [6, 6.07) is 14.1. The van der Waals surface area contributed by atoms with Crippen LogP contribution in [0.25, 0.3) is 10.9 Å². The summed E-state index contributed by atoms with van der Waals surface area (Å²) >= 11 is 0. The van der Waals surface area contributed by atoms with Crippen LogP contribution < -0.4 is 0 Å². The molecule has 0 bridgehead atoms. The number of aromatic nitrogens is 1. The summed E-state index contributed by atoms with van der Waals surface area (Å²) in [5.41, 5.74) is 4.26. The highest BCUT2D eigenvalue weighted by Gasteiger charge is 2.48. The fourth-order valence-corrected chi connectivity index (χ4v) is 5.36. The molecule has 2 atom stereocenters. The number of ether oxygens (including phenoxy) is 1. The van der Waals surface area contributed by atoms with Gasteiger partial charge >= 0.3 is 5.97 Å². The molecule has 1 aromatic heterocycles. The molecule has 0 saturated carbocycles. The second kappa shape index (κ2) is 9.19. The average Bonchev–Trinajstić information content (AvgIpc) is 3.23. The standard InChI is InChI=1S/C27H30N4O4/c1-29(2)13-6-14-30-16-23(32)31-22(26(30)33)15-20-19-7-4-5-8-21(19)28-24(20)25(31)17-9-11-18(12-10-17)27(34)35-3/h4-5,7-12,22,25,28H,6,13-16H2,1-3H3. The monoisotopic (exact) mass is 474 g/mol. The summed E-state index contributed by atoms with van der Waals surface area (Å²) in [7, 11) is 5.35. The molecule has 0 aliphatic carbocycles. The van der Waals surface area contributed by atoms with E-state index in [0.717, 1.165) is 40.7 Å². The lowest BCUT2D eigenvalue weighted by Crippen LogP contribution is -2.63. The molecular formula is C27H30N4O4. The summed E-state index contributed by atoms with van der Waals surface area (Å²) < 4.78 is 4.83. The Bertz CT molecular complexity index is 1280. The highest BCUT2D eigenvalue weighted by molar-refractivity contribution is 5.97. The zero-order valence-corrected chi connectivity index (χ0v) is 20.3. The van der Waals surface area contributed by atoms with Crippen LogP contribution in [0.2, 0.25) is 0 Å². The first-order valence-corrected chi connectivity index (χ1v) is 11.9. The summed E-state index contributed by atoms with van der Waals surface area (Å²) in [6.07, 6.45) is 1.29. The number of fused-ring (bicyclic) bond motifs is 4. The summed E-state index contributed by atoms with van der Waals surface area (Å²) in [5.74, 6) is -0.483. The number of carbonyl (C=O) groups excluding carboxylic acids is 3. The number of methoxy groups -OCH3 is 1. The minimum absolute atomic E-state index is 0.00420. The molecule has 0 spiro atoms. The number of hydrogen-bond donors (Lipinski definition) is 1. The fourth-order valence-electron chi connectivity index (χ4n) is 5.36. The molecule has 2 aliphatic heterocycles. The van der Waals surface area contributed by atoms with Gasteiger partial charge in [0.05, 0.1) is 25.3 Å². The Hall–Kier alpha value is -3.65. The first-order chi connectivity index (χ1) is 16.9. The Kier molecular flexibility index (Phi) is 6.06. The molecule has 1 N–H and O–H groups in total. The Morgan fingerprint density at radius 1 is 1.11 bits per heavy atom. The van der Waals surface area contributed by atoms with Crippen molar-refractivity contribution < 1.29 is 19.1 Å². The molecule has 2 unspecified atom stereocenters. The maximum atomic E-state index is 13.7. The predicted octanol–water partition coefficient (Wildman–Crippen LogP) is 2.59. The van der Waals surface area contributed by atoms with Gasteiger partial charge in [0, 0.05) is 29.6 Å². The number of benzene rings is 2. The molecule has 3 aromatic rings. The number of hydrogen-bond acceptors (Lipinski definition) is 5. The molecule has 8 heteroatoms. The van der Waals surface area contributed by atoms with Crippen molar-refractivity contribution in [3.63, 3.8) is 0 Å². The number of amides is 2. The zero-order valence-electron chi connectivity index (χ0n) is 20.3. The highest BCUT2D eigenvalue weighted by Crippen LogP contribution is 2.42. The number of H-pyrrole nitrogens is 1. The van der Waals surface area contributed by atoms with Crippen molar-refractivity contribution in [2.75, 3.05) is 40.8 Å². The molecule has 2 amide bonds. The molecular weight excluding hydrogens is 444 g/mol. The Morgan fingerprint density at radius 3 is 2.57 bits per heavy atom. The Balaban J connectivity index is 1.56. The van der Waals surface area contributed by atoms with Crippen LogP contribution in [-0.2, 0) is 20.7 Å². The molecule has 35 heavy (non-hydrogen) atoms. The van der Waals surface area contributed by atoms with Gasteiger partial charge in [-0.2, -0.15) is 0 Å². The van der Waals surface area contributed by atoms with Crippen LogP contribution in [0.3, 0.4) is 0 Å². The van der Waals surface area contributed by atoms with Gasteiger partial charge in [0.1, 0.15) is 6.04 Å². The van der Waals surface area contributed by atoms with Crippen LogP contribution >= 0.6 is 0 Å². The quantitative estimate of drug-likeness (QED) is 0.555. The molecule has 8 nitrogen and oxygen atoms in total. The maximum Gasteiger partial charge on any atom is 0.337 e. The largest absolute Gasteiger partial charge is 0.465 e. The van der Waals surface area contributed by atoms with E-state index in [1.54, 1.807) is 21.9 Å². The van der Waals surface area contributed by atoms with Crippen molar-refractivity contribution in [3.05, 3.63) is 70.9 Å². The van der Waals surface area contributed by atoms with Crippen molar-refractivity contribution in [1.82, 2.24) is 19.7 Å². The lowest BCUT2D eigenvalue weighted by Gasteiger charge is -2.47. The van der Waals surface area contributed by atoms with Crippen molar-refractivity contribution in [1.29, 1.82) is 0 Å². The third kappa shape index (κ3) is 4.08. The number of nitrogens with one attached hydrogen (secondary N) is 1. The summed E-state index contributed by atoms with van der Waals surface area (Å²) in [5, 5.41) is 1.07. The number of piperazine rings is 1. The number of nitrogens with zero attached hydrogens (tertiary/aromatic N) is 3. The third-order valence-corrected chi connectivity index (χ3v) is 7.02. The fraction of sp³-hybridized carbons (Fsp3) is 0.370. The molecule has 0 radical (unpaired) electrons. The van der Waals surface area contributed by atoms with E-state index in [2.05, 4.69) is 16.0 Å². The van der Waals surface area contributed by atoms with Gasteiger partial charge in [0.2, 0.25) is 11.8 Å². The van der Waals surface area contributed by atoms with Crippen molar-refractivity contribution in [3.8, 4) is 0 Å². The van der Waals surface area contributed by atoms with Crippen LogP contribution in [0.1, 0.15) is 39.6 Å². The molecule has 2 aliphatic rings. The molecule has 5 rings (SSSR count). The van der Waals surface area contributed by atoms with Crippen molar-refractivity contribution in [2.45, 2.75) is 24.9 Å². The van der Waals surface area contributed by atoms with E-state index in [9.17, 15) is 14.4 Å². The van der Waals surface area contributed by atoms with Gasteiger partial charge in [0.25, 0.3) is 0 Å². The smallest absolute Gasteiger partial charge is 0.337 e. The van der Waals surface area contributed by atoms with Gasteiger partial charge in [0.15, 0.2) is 0 Å². The number of para-hydroxylation sites is 1. The molecule has 182 valence electrons. The highest BCUT2D eigenvalue weighted by atomic mass is 16.5. The van der Waals surface area contributed by atoms with Crippen molar-refractivity contribution in [2.24, 2.45) is 0 Å². The summed E-state index contributed by atoms with van der Waals surface area (Å²) in [6.45, 7) is 1.50. The number of esters is 1. The van der Waals surface area contributed by atoms with Gasteiger partial charge in [-0.15, -0.1) is 0 Å². The normalized spacial score (nSPS) is 19.8. The Morgan fingerprint density at radius 2 is 1.86 bits per heavy atom. The number of carbonyl (C=O) groups is 3. The molecule has 1 fully saturated rings. The second-order valence-electron chi connectivity index (χ2n) is 9.52. The maximum absolute atomic E-state index is 13.7. The van der Waals surface area contributed by atoms with Crippen molar-refractivity contribution >= 4 is 28.7 Å². The minimum atomic E-state index is -0.562. The van der Waals surface area contributed by atoms with Gasteiger partial charge in [-0.25, -0.2) is 4.79 Å². The van der Waals surface area contributed by atoms with E-state index in [4.69, 9.17) is 4.74 Å². The topological polar surface area (TPSA) is 86.0 Å². The van der Waals surface area contributed by atoms with Gasteiger partial charge in [-0.1, -0.05) is 30.3 Å². The number of aromatic amines is 1. The van der Waals surface area contributed by atoms with Gasteiger partial charge in [-0.3, -0.25) is 9.59 Å². The van der Waals surface area contributed by atoms with Crippen LogP contribution in [0, 0.1) is 0 Å². The summed E-state index contributed by atoms with van der Waals surface area (Å²) in [4.78, 5) is 48.2. The minimum Gasteiger partial charge on any atom is -0.465 e. The van der Waals surface area contributed by atoms with E-state index in [1.165, 1.54) is 7.11 Å². The number of rotatable bonds is 6. The molecule has 1 saturated heterocycles. The second-order valence-corrected chi connectivity index (χ2v) is 9.52. The lowest BCUT2D eigenvalue weighted by molar-refractivity contribution is -0.158. The van der Waals surface area contributed by atoms with Crippen LogP contribution in [-0.4, -0.2) is 84.3 Å². The molecule has 3 heterocycles. The van der Waals surface area contributed by atoms with E-state index in [0.29, 0.717) is 18.5 Å².